The zero-order chi connectivity index (χ0) is 21.8. The molecule has 0 aliphatic carbocycles. The van der Waals surface area contributed by atoms with E-state index in [-0.39, 0.29) is 29.5 Å². The van der Waals surface area contributed by atoms with Crippen LogP contribution in [0.5, 0.6) is 0 Å². The molecule has 1 aliphatic heterocycles. The molecule has 2 unspecified atom stereocenters. The first kappa shape index (κ1) is 22.4. The van der Waals surface area contributed by atoms with E-state index in [4.69, 9.17) is 0 Å². The largest absolute Gasteiger partial charge is 0.378 e. The van der Waals surface area contributed by atoms with Crippen molar-refractivity contribution in [2.45, 2.75) is 44.9 Å². The number of nitrogens with zero attached hydrogens (tertiary/aromatic N) is 2. The molecule has 0 bridgehead atoms. The van der Waals surface area contributed by atoms with Crippen LogP contribution in [-0.2, 0) is 4.79 Å². The lowest BCUT2D eigenvalue weighted by Crippen LogP contribution is -2.50. The highest BCUT2D eigenvalue weighted by molar-refractivity contribution is 5.87. The molecule has 162 valence electrons. The second-order valence-corrected chi connectivity index (χ2v) is 8.43. The number of hydrogen-bond acceptors (Lipinski definition) is 3. The second-order valence-electron chi connectivity index (χ2n) is 8.43. The summed E-state index contributed by atoms with van der Waals surface area (Å²) in [5.74, 6) is -1.30. The summed E-state index contributed by atoms with van der Waals surface area (Å²) in [7, 11) is 1.75. The van der Waals surface area contributed by atoms with E-state index >= 15 is 0 Å². The van der Waals surface area contributed by atoms with Gasteiger partial charge in [0.05, 0.1) is 5.92 Å². The normalized spacial score (nSPS) is 18.2. The first-order valence-electron chi connectivity index (χ1n) is 10.5. The van der Waals surface area contributed by atoms with Crippen LogP contribution in [-0.4, -0.2) is 53.2 Å². The average molecular weight is 417 g/mol. The highest BCUT2D eigenvalue weighted by atomic mass is 19.1. The summed E-state index contributed by atoms with van der Waals surface area (Å²) in [6.07, 6.45) is 1.20. The third-order valence-corrected chi connectivity index (χ3v) is 5.95. The van der Waals surface area contributed by atoms with E-state index in [1.165, 1.54) is 24.3 Å². The van der Waals surface area contributed by atoms with Crippen molar-refractivity contribution in [2.24, 2.45) is 5.92 Å². The van der Waals surface area contributed by atoms with Crippen molar-refractivity contribution < 1.29 is 18.7 Å². The van der Waals surface area contributed by atoms with E-state index in [1.807, 2.05) is 0 Å². The number of aliphatic hydroxyl groups excluding tert-OH is 1. The van der Waals surface area contributed by atoms with Crippen molar-refractivity contribution >= 4 is 5.91 Å². The van der Waals surface area contributed by atoms with Gasteiger partial charge in [-0.15, -0.1) is 0 Å². The Labute approximate surface area is 177 Å². The number of amides is 1. The molecule has 0 aromatic heterocycles. The number of likely N-dealkylation sites (tertiary alicyclic amines) is 1. The van der Waals surface area contributed by atoms with Gasteiger partial charge in [-0.05, 0) is 54.2 Å². The molecule has 1 aliphatic rings. The predicted octanol–water partition coefficient (Wildman–Crippen LogP) is 3.99. The number of rotatable bonds is 7. The molecule has 1 N–H and O–H groups in total. The van der Waals surface area contributed by atoms with E-state index in [2.05, 4.69) is 18.7 Å². The maximum atomic E-state index is 13.5. The molecular formula is C24H30F2N2O2. The van der Waals surface area contributed by atoms with Crippen molar-refractivity contribution in [3.63, 3.8) is 0 Å². The molecule has 2 atom stereocenters. The summed E-state index contributed by atoms with van der Waals surface area (Å²) in [5.41, 5.74) is 1.31. The summed E-state index contributed by atoms with van der Waals surface area (Å²) in [6.45, 7) is 5.45. The zero-order valence-corrected chi connectivity index (χ0v) is 17.8. The smallest absolute Gasteiger partial charge is 0.234 e. The molecule has 6 heteroatoms. The summed E-state index contributed by atoms with van der Waals surface area (Å²) < 4.78 is 26.9. The van der Waals surface area contributed by atoms with Crippen LogP contribution in [0.1, 0.15) is 43.7 Å². The Hall–Kier alpha value is -2.31. The third kappa shape index (κ3) is 5.05. The highest BCUT2D eigenvalue weighted by Gasteiger charge is 2.34. The van der Waals surface area contributed by atoms with Crippen LogP contribution >= 0.6 is 0 Å². The summed E-state index contributed by atoms with van der Waals surface area (Å²) in [4.78, 5) is 17.3. The summed E-state index contributed by atoms with van der Waals surface area (Å²) in [6, 6.07) is 11.7. The number of halogens is 2. The van der Waals surface area contributed by atoms with Crippen LogP contribution in [0.25, 0.3) is 0 Å². The lowest BCUT2D eigenvalue weighted by molar-refractivity contribution is -0.132. The van der Waals surface area contributed by atoms with Crippen LogP contribution in [0.2, 0.25) is 0 Å². The Morgan fingerprint density at radius 1 is 1.07 bits per heavy atom. The number of aliphatic hydroxyl groups is 1. The topological polar surface area (TPSA) is 43.8 Å². The molecule has 0 saturated carbocycles. The molecule has 4 nitrogen and oxygen atoms in total. The fourth-order valence-corrected chi connectivity index (χ4v) is 4.24. The van der Waals surface area contributed by atoms with Gasteiger partial charge in [-0.2, -0.15) is 0 Å². The minimum atomic E-state index is -0.660. The van der Waals surface area contributed by atoms with Gasteiger partial charge in [0.15, 0.2) is 0 Å². The maximum absolute atomic E-state index is 13.5. The molecule has 2 aromatic carbocycles. The molecule has 2 aromatic rings. The van der Waals surface area contributed by atoms with Gasteiger partial charge < -0.3 is 10.0 Å². The first-order valence-corrected chi connectivity index (χ1v) is 10.5. The molecule has 1 fully saturated rings. The zero-order valence-electron chi connectivity index (χ0n) is 17.8. The maximum Gasteiger partial charge on any atom is 0.234 e. The number of hydrogen-bond donors (Lipinski definition) is 1. The van der Waals surface area contributed by atoms with Gasteiger partial charge in [0.2, 0.25) is 5.91 Å². The fraction of sp³-hybridized carbons (Fsp3) is 0.458. The monoisotopic (exact) mass is 416 g/mol. The number of carbonyl (C=O) groups is 1. The van der Waals surface area contributed by atoms with Crippen molar-refractivity contribution in [1.82, 2.24) is 9.80 Å². The average Bonchev–Trinajstić information content (AvgIpc) is 3.14. The lowest BCUT2D eigenvalue weighted by Gasteiger charge is -2.37. The Bertz CT molecular complexity index is 794. The van der Waals surface area contributed by atoms with Crippen LogP contribution in [0.15, 0.2) is 48.5 Å². The van der Waals surface area contributed by atoms with Gasteiger partial charge in [0, 0.05) is 26.2 Å². The second kappa shape index (κ2) is 9.67. The van der Waals surface area contributed by atoms with Crippen LogP contribution in [0, 0.1) is 17.6 Å². The van der Waals surface area contributed by atoms with Crippen molar-refractivity contribution in [3.8, 4) is 0 Å². The van der Waals surface area contributed by atoms with Gasteiger partial charge in [-0.1, -0.05) is 38.1 Å². The Morgan fingerprint density at radius 3 is 1.97 bits per heavy atom. The minimum absolute atomic E-state index is 0.0264. The highest BCUT2D eigenvalue weighted by Crippen LogP contribution is 2.29. The summed E-state index contributed by atoms with van der Waals surface area (Å²) >= 11 is 0. The van der Waals surface area contributed by atoms with Gasteiger partial charge in [-0.25, -0.2) is 8.78 Å². The molecule has 1 saturated heterocycles. The molecule has 1 heterocycles. The number of carbonyl (C=O) groups excluding carboxylic acids is 1. The van der Waals surface area contributed by atoms with Crippen LogP contribution in [0.4, 0.5) is 8.78 Å². The Morgan fingerprint density at radius 2 is 1.57 bits per heavy atom. The molecule has 3 rings (SSSR count). The molecule has 0 spiro atoms. The van der Waals surface area contributed by atoms with E-state index < -0.39 is 12.1 Å². The Balaban J connectivity index is 1.87. The molecule has 30 heavy (non-hydrogen) atoms. The predicted molar refractivity (Wildman–Crippen MR) is 113 cm³/mol. The van der Waals surface area contributed by atoms with Crippen molar-refractivity contribution in [3.05, 3.63) is 71.3 Å². The van der Waals surface area contributed by atoms with E-state index in [0.29, 0.717) is 17.7 Å². The van der Waals surface area contributed by atoms with Gasteiger partial charge in [0.25, 0.3) is 0 Å². The van der Waals surface area contributed by atoms with Crippen molar-refractivity contribution in [2.75, 3.05) is 20.1 Å². The lowest BCUT2D eigenvalue weighted by atomic mass is 9.89. The van der Waals surface area contributed by atoms with Gasteiger partial charge in [0.1, 0.15) is 17.9 Å². The SMILES string of the molecule is CC(C)C(CN(C)C(=O)C(c1ccc(F)cc1)c1ccc(F)cc1)N1CCCC1O. The number of likely N-dealkylation sites (N-methyl/N-ethyl adjacent to an activating group) is 1. The van der Waals surface area contributed by atoms with E-state index in [1.54, 1.807) is 36.2 Å². The van der Waals surface area contributed by atoms with Crippen LogP contribution < -0.4 is 0 Å². The third-order valence-electron chi connectivity index (χ3n) is 5.95. The quantitative estimate of drug-likeness (QED) is 0.742. The van der Waals surface area contributed by atoms with Gasteiger partial charge >= 0.3 is 0 Å². The van der Waals surface area contributed by atoms with Crippen molar-refractivity contribution in [1.29, 1.82) is 0 Å². The summed E-state index contributed by atoms with van der Waals surface area (Å²) in [5, 5.41) is 10.3. The first-order chi connectivity index (χ1) is 14.3. The van der Waals surface area contributed by atoms with E-state index in [0.717, 1.165) is 19.4 Å². The van der Waals surface area contributed by atoms with Crippen LogP contribution in [0.3, 0.4) is 0 Å². The minimum Gasteiger partial charge on any atom is -0.378 e. The fourth-order valence-electron chi connectivity index (χ4n) is 4.24. The standard InChI is InChI=1S/C24H30F2N2O2/c1-16(2)21(28-14-4-5-22(28)29)15-27(3)24(30)23(17-6-10-19(25)11-7-17)18-8-12-20(26)13-9-18/h6-13,16,21-23,29H,4-5,14-15H2,1-3H3. The Kier molecular flexibility index (Phi) is 7.21. The number of benzene rings is 2. The molecular weight excluding hydrogens is 386 g/mol. The molecule has 0 radical (unpaired) electrons. The molecule has 1 amide bonds. The van der Waals surface area contributed by atoms with Gasteiger partial charge in [-0.3, -0.25) is 9.69 Å². The van der Waals surface area contributed by atoms with E-state index in [9.17, 15) is 18.7 Å².